The molecular formula is C15H18ClN5. The van der Waals surface area contributed by atoms with E-state index in [1.54, 1.807) is 6.08 Å². The zero-order valence-electron chi connectivity index (χ0n) is 12.3. The van der Waals surface area contributed by atoms with Crippen molar-refractivity contribution >= 4 is 23.5 Å². The van der Waals surface area contributed by atoms with Crippen LogP contribution in [-0.4, -0.2) is 15.9 Å². The third-order valence-corrected chi connectivity index (χ3v) is 2.67. The molecule has 21 heavy (non-hydrogen) atoms. The van der Waals surface area contributed by atoms with Crippen LogP contribution in [0.25, 0.3) is 0 Å². The van der Waals surface area contributed by atoms with Gasteiger partial charge in [0, 0.05) is 17.8 Å². The summed E-state index contributed by atoms with van der Waals surface area (Å²) in [4.78, 5) is 12.5. The van der Waals surface area contributed by atoms with Gasteiger partial charge in [-0.15, -0.1) is 12.3 Å². The summed E-state index contributed by atoms with van der Waals surface area (Å²) in [5.41, 5.74) is 8.10. The molecule has 1 rings (SSSR count). The van der Waals surface area contributed by atoms with Crippen LogP contribution in [-0.2, 0) is 0 Å². The third kappa shape index (κ3) is 5.67. The van der Waals surface area contributed by atoms with Crippen LogP contribution in [0.3, 0.4) is 0 Å². The zero-order chi connectivity index (χ0) is 15.8. The second-order valence-electron chi connectivity index (χ2n) is 4.27. The molecule has 5 nitrogen and oxygen atoms in total. The Morgan fingerprint density at radius 2 is 2.10 bits per heavy atom. The number of hydrogen-bond donors (Lipinski definition) is 2. The lowest BCUT2D eigenvalue weighted by Gasteiger charge is -2.08. The maximum absolute atomic E-state index is 6.10. The first kappa shape index (κ1) is 16.7. The van der Waals surface area contributed by atoms with Crippen molar-refractivity contribution in [1.29, 1.82) is 0 Å². The van der Waals surface area contributed by atoms with Gasteiger partial charge >= 0.3 is 0 Å². The van der Waals surface area contributed by atoms with E-state index in [1.165, 1.54) is 0 Å². The largest absolute Gasteiger partial charge is 0.369 e. The van der Waals surface area contributed by atoms with E-state index in [9.17, 15) is 0 Å². The van der Waals surface area contributed by atoms with Gasteiger partial charge in [-0.1, -0.05) is 17.7 Å². The molecular weight excluding hydrogens is 286 g/mol. The molecule has 0 aliphatic heterocycles. The van der Waals surface area contributed by atoms with E-state index in [0.29, 0.717) is 23.1 Å². The molecule has 0 aliphatic carbocycles. The van der Waals surface area contributed by atoms with Crippen molar-refractivity contribution < 1.29 is 0 Å². The molecule has 0 atom stereocenters. The number of terminal acetylenes is 1. The quantitative estimate of drug-likeness (QED) is 0.388. The minimum absolute atomic E-state index is 0.142. The van der Waals surface area contributed by atoms with Crippen molar-refractivity contribution in [2.75, 3.05) is 0 Å². The van der Waals surface area contributed by atoms with Crippen LogP contribution >= 0.6 is 11.6 Å². The normalized spacial score (nSPS) is 13.0. The highest BCUT2D eigenvalue weighted by atomic mass is 35.5. The summed E-state index contributed by atoms with van der Waals surface area (Å²) < 4.78 is 0. The molecule has 0 radical (unpaired) electrons. The average Bonchev–Trinajstić information content (AvgIpc) is 2.37. The number of allylic oxidation sites excluding steroid dienone is 3. The molecule has 6 heteroatoms. The Kier molecular flexibility index (Phi) is 6.44. The Balaban J connectivity index is 3.01. The van der Waals surface area contributed by atoms with Crippen LogP contribution < -0.4 is 11.1 Å². The Bertz CT molecular complexity index is 618. The molecule has 0 saturated heterocycles. The van der Waals surface area contributed by atoms with Gasteiger partial charge in [0.2, 0.25) is 5.96 Å². The monoisotopic (exact) mass is 303 g/mol. The number of halogens is 1. The smallest absolute Gasteiger partial charge is 0.253 e. The lowest BCUT2D eigenvalue weighted by Crippen LogP contribution is -2.30. The van der Waals surface area contributed by atoms with Crippen molar-refractivity contribution in [3.8, 4) is 12.3 Å². The number of aromatic nitrogens is 2. The highest BCUT2D eigenvalue weighted by Crippen LogP contribution is 2.13. The van der Waals surface area contributed by atoms with Crippen molar-refractivity contribution in [3.05, 3.63) is 40.3 Å². The molecule has 0 amide bonds. The standard InChI is InChI=1S/C15H18ClN5/c1-5-7-12(16)13(8-6-2)20-14(17)21-15-18-10(3)9-11(4)19-15/h1,6,8-9H,7H2,2-4H3,(H3,17,18,19,20,21)/b8-6-,13-12-. The number of guanidine groups is 1. The van der Waals surface area contributed by atoms with Crippen LogP contribution in [0.15, 0.2) is 33.9 Å². The number of aryl methyl sites for hydroxylation is 2. The fourth-order valence-corrected chi connectivity index (χ4v) is 1.77. The highest BCUT2D eigenvalue weighted by molar-refractivity contribution is 6.30. The minimum Gasteiger partial charge on any atom is -0.369 e. The van der Waals surface area contributed by atoms with E-state index in [-0.39, 0.29) is 5.96 Å². The first-order chi connectivity index (χ1) is 9.96. The van der Waals surface area contributed by atoms with E-state index in [4.69, 9.17) is 23.8 Å². The van der Waals surface area contributed by atoms with Crippen molar-refractivity contribution in [1.82, 2.24) is 15.3 Å². The lowest BCUT2D eigenvalue weighted by atomic mass is 10.3. The van der Waals surface area contributed by atoms with Crippen LogP contribution in [0.2, 0.25) is 0 Å². The zero-order valence-corrected chi connectivity index (χ0v) is 13.1. The van der Waals surface area contributed by atoms with E-state index >= 15 is 0 Å². The molecule has 0 saturated carbocycles. The minimum atomic E-state index is 0.142. The van der Waals surface area contributed by atoms with Gasteiger partial charge in [0.05, 0.1) is 10.7 Å². The average molecular weight is 304 g/mol. The van der Waals surface area contributed by atoms with Gasteiger partial charge in [0.1, 0.15) is 0 Å². The summed E-state index contributed by atoms with van der Waals surface area (Å²) in [6.45, 7) is 5.60. The first-order valence-corrected chi connectivity index (χ1v) is 6.72. The number of rotatable bonds is 4. The maximum atomic E-state index is 6.10. The van der Waals surface area contributed by atoms with Crippen molar-refractivity contribution in [2.45, 2.75) is 27.2 Å². The molecule has 0 aliphatic rings. The number of hydrogen-bond acceptors (Lipinski definition) is 3. The molecule has 1 aromatic heterocycles. The van der Waals surface area contributed by atoms with Gasteiger partial charge in [-0.05, 0) is 32.9 Å². The molecule has 1 heterocycles. The SMILES string of the molecule is C#CC/C(Cl)=C(\C=C/C)N/C(N)=N\c1nc(C)cc(C)n1. The molecule has 0 fully saturated rings. The molecule has 0 aromatic carbocycles. The summed E-state index contributed by atoms with van der Waals surface area (Å²) in [5.74, 6) is 2.91. The predicted octanol–water partition coefficient (Wildman–Crippen LogP) is 2.68. The van der Waals surface area contributed by atoms with Crippen LogP contribution in [0, 0.1) is 26.2 Å². The molecule has 0 bridgehead atoms. The van der Waals surface area contributed by atoms with Crippen molar-refractivity contribution in [2.24, 2.45) is 10.7 Å². The van der Waals surface area contributed by atoms with Crippen LogP contribution in [0.5, 0.6) is 0 Å². The van der Waals surface area contributed by atoms with Crippen LogP contribution in [0.1, 0.15) is 24.7 Å². The van der Waals surface area contributed by atoms with Gasteiger partial charge in [0.15, 0.2) is 0 Å². The lowest BCUT2D eigenvalue weighted by molar-refractivity contribution is 1.02. The summed E-state index contributed by atoms with van der Waals surface area (Å²) in [7, 11) is 0. The van der Waals surface area contributed by atoms with Gasteiger partial charge in [-0.3, -0.25) is 0 Å². The molecule has 0 unspecified atom stereocenters. The Hall–Kier alpha value is -2.32. The highest BCUT2D eigenvalue weighted by Gasteiger charge is 2.04. The van der Waals surface area contributed by atoms with E-state index in [2.05, 4.69) is 26.2 Å². The fraction of sp³-hybridized carbons (Fsp3) is 0.267. The summed E-state index contributed by atoms with van der Waals surface area (Å²) in [6.07, 6.45) is 9.15. The third-order valence-electron chi connectivity index (χ3n) is 2.34. The number of nitrogens with zero attached hydrogens (tertiary/aromatic N) is 3. The molecule has 110 valence electrons. The molecule has 1 aromatic rings. The van der Waals surface area contributed by atoms with Crippen LogP contribution in [0.4, 0.5) is 5.95 Å². The van der Waals surface area contributed by atoms with Gasteiger partial charge in [-0.25, -0.2) is 9.97 Å². The second-order valence-corrected chi connectivity index (χ2v) is 4.73. The number of nitrogens with two attached hydrogens (primary N) is 1. The first-order valence-electron chi connectivity index (χ1n) is 6.34. The number of aliphatic imine (C=N–C) groups is 1. The molecule has 0 spiro atoms. The Morgan fingerprint density at radius 3 is 2.62 bits per heavy atom. The van der Waals surface area contributed by atoms with E-state index < -0.39 is 0 Å². The van der Waals surface area contributed by atoms with E-state index in [0.717, 1.165) is 11.4 Å². The van der Waals surface area contributed by atoms with Gasteiger partial charge in [-0.2, -0.15) is 4.99 Å². The van der Waals surface area contributed by atoms with Gasteiger partial charge in [0.25, 0.3) is 5.95 Å². The Morgan fingerprint density at radius 1 is 1.48 bits per heavy atom. The maximum Gasteiger partial charge on any atom is 0.253 e. The second kappa shape index (κ2) is 8.08. The van der Waals surface area contributed by atoms with Gasteiger partial charge < -0.3 is 11.1 Å². The summed E-state index contributed by atoms with van der Waals surface area (Å²) in [6, 6.07) is 1.86. The fourth-order valence-electron chi connectivity index (χ4n) is 1.58. The molecule has 3 N–H and O–H groups in total. The predicted molar refractivity (Wildman–Crippen MR) is 87.1 cm³/mol. The topological polar surface area (TPSA) is 76.2 Å². The van der Waals surface area contributed by atoms with Crippen molar-refractivity contribution in [3.63, 3.8) is 0 Å². The number of nitrogens with one attached hydrogen (secondary N) is 1. The van der Waals surface area contributed by atoms with E-state index in [1.807, 2.05) is 32.9 Å². The summed E-state index contributed by atoms with van der Waals surface area (Å²) >= 11 is 6.10. The Labute approximate surface area is 130 Å². The summed E-state index contributed by atoms with van der Waals surface area (Å²) in [5, 5.41) is 3.38.